The molecule has 0 unspecified atom stereocenters. The third kappa shape index (κ3) is 10.2. The maximum absolute atomic E-state index is 13.3. The van der Waals surface area contributed by atoms with Gasteiger partial charge in [0.05, 0.1) is 4.90 Å². The summed E-state index contributed by atoms with van der Waals surface area (Å²) in [7, 11) is -4.38. The summed E-state index contributed by atoms with van der Waals surface area (Å²) < 4.78 is 36.3. The molecule has 41 heavy (non-hydrogen) atoms. The van der Waals surface area contributed by atoms with E-state index < -0.39 is 52.0 Å². The largest absolute Gasteiger partial charge is 0.404 e. The Bertz CT molecular complexity index is 1350. The summed E-state index contributed by atoms with van der Waals surface area (Å²) in [6, 6.07) is 9.41. The third-order valence-electron chi connectivity index (χ3n) is 5.46. The predicted octanol–water partition coefficient (Wildman–Crippen LogP) is 2.22. The minimum Gasteiger partial charge on any atom is -0.389 e. The summed E-state index contributed by atoms with van der Waals surface area (Å²) in [5.41, 5.74) is 3.30. The van der Waals surface area contributed by atoms with Crippen LogP contribution in [0, 0.1) is 0 Å². The van der Waals surface area contributed by atoms with Gasteiger partial charge in [0.15, 0.2) is 5.66 Å². The van der Waals surface area contributed by atoms with Crippen LogP contribution in [0.4, 0.5) is 5.82 Å². The highest BCUT2D eigenvalue weighted by molar-refractivity contribution is 7.92. The molecule has 0 spiro atoms. The van der Waals surface area contributed by atoms with Gasteiger partial charge in [-0.05, 0) is 49.7 Å². The molecule has 0 saturated carbocycles. The van der Waals surface area contributed by atoms with Gasteiger partial charge in [-0.2, -0.15) is 0 Å². The van der Waals surface area contributed by atoms with Crippen LogP contribution in [0.5, 0.6) is 0 Å². The van der Waals surface area contributed by atoms with Crippen LogP contribution in [-0.4, -0.2) is 55.4 Å². The fourth-order valence-electron chi connectivity index (χ4n) is 3.29. The number of hydrogen-bond acceptors (Lipinski definition) is 11. The van der Waals surface area contributed by atoms with Gasteiger partial charge >= 0.3 is 29.8 Å². The van der Waals surface area contributed by atoms with Gasteiger partial charge in [-0.25, -0.2) is 32.1 Å². The number of amides is 1. The Morgan fingerprint density at radius 1 is 0.976 bits per heavy atom. The summed E-state index contributed by atoms with van der Waals surface area (Å²) >= 11 is 5.84. The van der Waals surface area contributed by atoms with E-state index in [0.717, 1.165) is 32.6 Å². The molecule has 0 aliphatic carbocycles. The quantitative estimate of drug-likeness (QED) is 0.111. The van der Waals surface area contributed by atoms with Gasteiger partial charge in [-0.1, -0.05) is 50.3 Å². The number of nitrogens with one attached hydrogen (secondary N) is 1. The molecule has 13 nitrogen and oxygen atoms in total. The number of anilines is 1. The maximum atomic E-state index is 13.3. The number of ether oxygens (including phenoxy) is 2. The van der Waals surface area contributed by atoms with E-state index in [4.69, 9.17) is 17.3 Å². The lowest BCUT2D eigenvalue weighted by molar-refractivity contribution is -0.167. The van der Waals surface area contributed by atoms with Gasteiger partial charge in [0, 0.05) is 17.6 Å². The molecule has 0 saturated heterocycles. The van der Waals surface area contributed by atoms with Crippen molar-refractivity contribution in [2.24, 2.45) is 5.73 Å². The van der Waals surface area contributed by atoms with Crippen LogP contribution < -0.4 is 15.4 Å². The molecule has 1 heterocycles. The first-order valence-corrected chi connectivity index (χ1v) is 14.4. The maximum Gasteiger partial charge on any atom is 0.404 e. The molecule has 15 heteroatoms. The second kappa shape index (κ2) is 15.2. The Morgan fingerprint density at radius 3 is 2.24 bits per heavy atom. The van der Waals surface area contributed by atoms with Gasteiger partial charge < -0.3 is 14.8 Å². The Labute approximate surface area is 242 Å². The van der Waals surface area contributed by atoms with Crippen LogP contribution in [0.25, 0.3) is 0 Å². The zero-order valence-corrected chi connectivity index (χ0v) is 24.1. The van der Waals surface area contributed by atoms with Crippen molar-refractivity contribution >= 4 is 57.2 Å². The average molecular weight is 611 g/mol. The molecule has 1 amide bonds. The highest BCUT2D eigenvalue weighted by atomic mass is 35.5. The fourth-order valence-corrected chi connectivity index (χ4v) is 4.78. The number of nitrogens with zero attached hydrogens (tertiary/aromatic N) is 2. The summed E-state index contributed by atoms with van der Waals surface area (Å²) in [6.07, 6.45) is 5.37. The lowest BCUT2D eigenvalue weighted by Gasteiger charge is -2.25. The van der Waals surface area contributed by atoms with E-state index in [9.17, 15) is 32.4 Å². The fraction of sp³-hybridized carbons (Fsp3) is 0.385. The first kappa shape index (κ1) is 33.3. The molecular formula is C26H31ClN4O9S. The number of benzene rings is 1. The molecule has 0 aliphatic heterocycles. The van der Waals surface area contributed by atoms with Crippen molar-refractivity contribution in [1.82, 2.24) is 10.3 Å². The molecule has 0 radical (unpaired) electrons. The Kier molecular flexibility index (Phi) is 12.4. The second-order valence-electron chi connectivity index (χ2n) is 9.00. The molecule has 1 atom stereocenters. The Balaban J connectivity index is 2.04. The first-order valence-electron chi connectivity index (χ1n) is 12.6. The van der Waals surface area contributed by atoms with Crippen molar-refractivity contribution in [1.29, 1.82) is 0 Å². The van der Waals surface area contributed by atoms with Crippen LogP contribution in [0.1, 0.15) is 52.4 Å². The van der Waals surface area contributed by atoms with E-state index in [2.05, 4.69) is 14.5 Å². The van der Waals surface area contributed by atoms with Crippen molar-refractivity contribution in [3.63, 3.8) is 0 Å². The molecule has 0 aliphatic rings. The van der Waals surface area contributed by atoms with E-state index in [1.54, 1.807) is 0 Å². The summed E-state index contributed by atoms with van der Waals surface area (Å²) in [5, 5.41) is 2.10. The normalized spacial score (nSPS) is 12.5. The molecule has 2 rings (SSSR count). The topological polar surface area (TPSA) is 192 Å². The van der Waals surface area contributed by atoms with Crippen LogP contribution >= 0.6 is 11.6 Å². The summed E-state index contributed by atoms with van der Waals surface area (Å²) in [5.74, 6) is -7.10. The number of hydrogen-bond donors (Lipinski definition) is 2. The highest BCUT2D eigenvalue weighted by Crippen LogP contribution is 2.23. The van der Waals surface area contributed by atoms with Crippen LogP contribution in [0.15, 0.2) is 53.6 Å². The molecule has 0 bridgehead atoms. The standard InChI is InChI=1S/C26H31ClN4O9S/c1-3-4-5-6-7-11-21(32)39-24(35)23(34)30-26(2,28)25(36)40-22(33)17-31(20-10-8-9-16-29-20)41(37,38)19-14-12-18(27)13-15-19/h8-10,12-16H,3-7,11,17,28H2,1-2H3,(H,30,34)/t26-/m1/s1. The zero-order valence-electron chi connectivity index (χ0n) is 22.5. The van der Waals surface area contributed by atoms with Crippen molar-refractivity contribution in [2.45, 2.75) is 62.9 Å². The number of carbonyl (C=O) groups excluding carboxylic acids is 5. The van der Waals surface area contributed by atoms with E-state index in [0.29, 0.717) is 10.7 Å². The zero-order chi connectivity index (χ0) is 30.6. The van der Waals surface area contributed by atoms with E-state index >= 15 is 0 Å². The molecule has 222 valence electrons. The molecule has 0 fully saturated rings. The highest BCUT2D eigenvalue weighted by Gasteiger charge is 2.38. The van der Waals surface area contributed by atoms with Gasteiger partial charge in [-0.15, -0.1) is 0 Å². The molecule has 3 N–H and O–H groups in total. The Morgan fingerprint density at radius 2 is 1.63 bits per heavy atom. The van der Waals surface area contributed by atoms with Crippen molar-refractivity contribution < 1.29 is 41.9 Å². The van der Waals surface area contributed by atoms with Crippen molar-refractivity contribution in [2.75, 3.05) is 10.8 Å². The SMILES string of the molecule is CCCCCCCC(=O)OC(=O)C(=O)N[C@@](C)(N)C(=O)OC(=O)CN(c1ccccn1)S(=O)(=O)c1ccc(Cl)cc1. The van der Waals surface area contributed by atoms with E-state index in [1.807, 2.05) is 12.2 Å². The van der Waals surface area contributed by atoms with Gasteiger partial charge in [0.1, 0.15) is 12.4 Å². The average Bonchev–Trinajstić information content (AvgIpc) is 2.92. The summed E-state index contributed by atoms with van der Waals surface area (Å²) in [4.78, 5) is 64.8. The number of halogens is 1. The van der Waals surface area contributed by atoms with E-state index in [1.165, 1.54) is 48.7 Å². The first-order chi connectivity index (χ1) is 19.3. The second-order valence-corrected chi connectivity index (χ2v) is 11.3. The smallest absolute Gasteiger partial charge is 0.389 e. The molecule has 1 aromatic heterocycles. The number of carbonyl (C=O) groups is 5. The number of sulfonamides is 1. The van der Waals surface area contributed by atoms with Gasteiger partial charge in [0.25, 0.3) is 10.0 Å². The van der Waals surface area contributed by atoms with Gasteiger partial charge in [0.2, 0.25) is 0 Å². The number of esters is 4. The Hall–Kier alpha value is -3.88. The summed E-state index contributed by atoms with van der Waals surface area (Å²) in [6.45, 7) is 1.95. The number of pyridine rings is 1. The van der Waals surface area contributed by atoms with Crippen molar-refractivity contribution in [3.8, 4) is 0 Å². The predicted molar refractivity (Wildman–Crippen MR) is 147 cm³/mol. The number of unbranched alkanes of at least 4 members (excludes halogenated alkanes) is 4. The van der Waals surface area contributed by atoms with E-state index in [-0.39, 0.29) is 22.2 Å². The minimum atomic E-state index is -4.38. The number of rotatable bonds is 13. The lowest BCUT2D eigenvalue weighted by Crippen LogP contribution is -2.62. The number of nitrogens with two attached hydrogens (primary N) is 1. The molecule has 2 aromatic rings. The van der Waals surface area contributed by atoms with Crippen LogP contribution in [0.3, 0.4) is 0 Å². The minimum absolute atomic E-state index is 0.0785. The van der Waals surface area contributed by atoms with Crippen molar-refractivity contribution in [3.05, 3.63) is 53.7 Å². The molecule has 1 aromatic carbocycles. The number of aromatic nitrogens is 1. The van der Waals surface area contributed by atoms with Crippen LogP contribution in [0.2, 0.25) is 5.02 Å². The molecular weight excluding hydrogens is 580 g/mol. The monoisotopic (exact) mass is 610 g/mol. The lowest BCUT2D eigenvalue weighted by atomic mass is 10.1. The van der Waals surface area contributed by atoms with Crippen LogP contribution in [-0.2, 0) is 43.5 Å². The third-order valence-corrected chi connectivity index (χ3v) is 7.48. The van der Waals surface area contributed by atoms with Gasteiger partial charge in [-0.3, -0.25) is 15.3 Å².